The Labute approximate surface area is 99.0 Å². The largest absolute Gasteiger partial charge is 0.326 e. The van der Waals surface area contributed by atoms with E-state index < -0.39 is 9.84 Å². The zero-order valence-electron chi connectivity index (χ0n) is 9.24. The lowest BCUT2D eigenvalue weighted by molar-refractivity contribution is 0.569. The first-order valence-electron chi connectivity index (χ1n) is 4.94. The number of hydrogen-bond donors (Lipinski definition) is 1. The van der Waals surface area contributed by atoms with Crippen LogP contribution in [0.4, 0.5) is 0 Å². The van der Waals surface area contributed by atoms with Crippen LogP contribution >= 0.6 is 0 Å². The van der Waals surface area contributed by atoms with Gasteiger partial charge in [0.05, 0.1) is 4.90 Å². The highest BCUT2D eigenvalue weighted by Crippen LogP contribution is 2.18. The number of sulfone groups is 1. The van der Waals surface area contributed by atoms with Crippen LogP contribution in [-0.2, 0) is 23.4 Å². The van der Waals surface area contributed by atoms with Crippen molar-refractivity contribution in [1.29, 1.82) is 0 Å². The molecule has 0 saturated carbocycles. The van der Waals surface area contributed by atoms with Gasteiger partial charge in [0.15, 0.2) is 0 Å². The van der Waals surface area contributed by atoms with Crippen molar-refractivity contribution in [1.82, 2.24) is 14.8 Å². The van der Waals surface area contributed by atoms with Gasteiger partial charge in [-0.2, -0.15) is 5.10 Å². The van der Waals surface area contributed by atoms with E-state index in [0.29, 0.717) is 6.54 Å². The number of hydrogen-bond acceptors (Lipinski definition) is 5. The molecular weight excluding hydrogens is 240 g/mol. The van der Waals surface area contributed by atoms with E-state index in [4.69, 9.17) is 5.73 Å². The van der Waals surface area contributed by atoms with E-state index >= 15 is 0 Å². The molecule has 0 fully saturated rings. The standard InChI is InChI=1S/C10H12N4O2S/c1-14-10(12-7-13-14)17(15,16)9-4-2-8(6-11)3-5-9/h2-5,7H,6,11H2,1H3. The predicted octanol–water partition coefficient (Wildman–Crippen LogP) is 0.107. The second kappa shape index (κ2) is 4.27. The van der Waals surface area contributed by atoms with Gasteiger partial charge in [0.2, 0.25) is 15.0 Å². The third-order valence-electron chi connectivity index (χ3n) is 2.38. The maximum absolute atomic E-state index is 12.2. The molecule has 0 unspecified atom stereocenters. The zero-order valence-corrected chi connectivity index (χ0v) is 10.1. The van der Waals surface area contributed by atoms with Crippen LogP contribution in [0.25, 0.3) is 0 Å². The highest BCUT2D eigenvalue weighted by atomic mass is 32.2. The van der Waals surface area contributed by atoms with Crippen molar-refractivity contribution in [2.45, 2.75) is 16.6 Å². The van der Waals surface area contributed by atoms with Gasteiger partial charge in [-0.3, -0.25) is 0 Å². The third-order valence-corrected chi connectivity index (χ3v) is 4.12. The summed E-state index contributed by atoms with van der Waals surface area (Å²) in [6.07, 6.45) is 1.21. The van der Waals surface area contributed by atoms with Crippen molar-refractivity contribution >= 4 is 9.84 Å². The van der Waals surface area contributed by atoms with Gasteiger partial charge in [-0.15, -0.1) is 0 Å². The van der Waals surface area contributed by atoms with Crippen molar-refractivity contribution < 1.29 is 8.42 Å². The molecule has 17 heavy (non-hydrogen) atoms. The smallest absolute Gasteiger partial charge is 0.250 e. The second-order valence-electron chi connectivity index (χ2n) is 3.52. The summed E-state index contributed by atoms with van der Waals surface area (Å²) in [4.78, 5) is 3.93. The summed E-state index contributed by atoms with van der Waals surface area (Å²) in [7, 11) is -2.07. The minimum Gasteiger partial charge on any atom is -0.326 e. The number of nitrogens with zero attached hydrogens (tertiary/aromatic N) is 3. The number of aromatic nitrogens is 3. The van der Waals surface area contributed by atoms with Crippen LogP contribution in [0.5, 0.6) is 0 Å². The Bertz CT molecular complexity index is 616. The summed E-state index contributed by atoms with van der Waals surface area (Å²) in [5.74, 6) is 0. The molecule has 0 radical (unpaired) electrons. The zero-order chi connectivity index (χ0) is 12.5. The fourth-order valence-corrected chi connectivity index (χ4v) is 2.73. The highest BCUT2D eigenvalue weighted by molar-refractivity contribution is 7.91. The molecular formula is C10H12N4O2S. The Morgan fingerprint density at radius 1 is 1.29 bits per heavy atom. The lowest BCUT2D eigenvalue weighted by Gasteiger charge is -2.04. The number of nitrogens with two attached hydrogens (primary N) is 1. The van der Waals surface area contributed by atoms with E-state index in [1.54, 1.807) is 12.1 Å². The van der Waals surface area contributed by atoms with Crippen LogP contribution in [0.15, 0.2) is 40.6 Å². The van der Waals surface area contributed by atoms with Gasteiger partial charge in [-0.25, -0.2) is 18.1 Å². The molecule has 0 aliphatic rings. The number of benzene rings is 1. The van der Waals surface area contributed by atoms with E-state index in [1.165, 1.54) is 30.2 Å². The first-order chi connectivity index (χ1) is 8.05. The molecule has 1 aromatic carbocycles. The summed E-state index contributed by atoms with van der Waals surface area (Å²) in [5, 5.41) is 3.68. The molecule has 0 atom stereocenters. The van der Waals surface area contributed by atoms with Crippen LogP contribution in [0.3, 0.4) is 0 Å². The fraction of sp³-hybridized carbons (Fsp3) is 0.200. The van der Waals surface area contributed by atoms with E-state index in [0.717, 1.165) is 5.56 Å². The van der Waals surface area contributed by atoms with Crippen molar-refractivity contribution in [3.8, 4) is 0 Å². The van der Waals surface area contributed by atoms with Crippen molar-refractivity contribution in [2.24, 2.45) is 12.8 Å². The Morgan fingerprint density at radius 2 is 1.94 bits per heavy atom. The molecule has 0 spiro atoms. The van der Waals surface area contributed by atoms with E-state index in [1.807, 2.05) is 0 Å². The molecule has 0 amide bonds. The summed E-state index contributed by atoms with van der Waals surface area (Å²) >= 11 is 0. The normalized spacial score (nSPS) is 11.6. The predicted molar refractivity (Wildman–Crippen MR) is 60.8 cm³/mol. The van der Waals surface area contributed by atoms with Crippen LogP contribution in [0.2, 0.25) is 0 Å². The SMILES string of the molecule is Cn1ncnc1S(=O)(=O)c1ccc(CN)cc1. The minimum absolute atomic E-state index is 0.0713. The minimum atomic E-state index is -3.60. The summed E-state index contributed by atoms with van der Waals surface area (Å²) in [6, 6.07) is 6.41. The molecule has 7 heteroatoms. The highest BCUT2D eigenvalue weighted by Gasteiger charge is 2.22. The molecule has 2 N–H and O–H groups in total. The van der Waals surface area contributed by atoms with E-state index in [2.05, 4.69) is 10.1 Å². The average molecular weight is 252 g/mol. The van der Waals surface area contributed by atoms with Gasteiger partial charge in [0.1, 0.15) is 6.33 Å². The van der Waals surface area contributed by atoms with Crippen LogP contribution in [0, 0.1) is 0 Å². The maximum atomic E-state index is 12.2. The molecule has 90 valence electrons. The quantitative estimate of drug-likeness (QED) is 0.837. The van der Waals surface area contributed by atoms with Crippen LogP contribution in [0.1, 0.15) is 5.56 Å². The van der Waals surface area contributed by atoms with Gasteiger partial charge in [-0.05, 0) is 17.7 Å². The monoisotopic (exact) mass is 252 g/mol. The van der Waals surface area contributed by atoms with Crippen LogP contribution in [-0.4, -0.2) is 23.2 Å². The average Bonchev–Trinajstić information content (AvgIpc) is 2.76. The second-order valence-corrected chi connectivity index (χ2v) is 5.36. The fourth-order valence-electron chi connectivity index (χ4n) is 1.44. The lowest BCUT2D eigenvalue weighted by Crippen LogP contribution is -2.10. The Balaban J connectivity index is 2.49. The topological polar surface area (TPSA) is 90.9 Å². The molecule has 0 bridgehead atoms. The molecule has 6 nitrogen and oxygen atoms in total. The van der Waals surface area contributed by atoms with Crippen molar-refractivity contribution in [2.75, 3.05) is 0 Å². The summed E-state index contributed by atoms with van der Waals surface area (Å²) in [6.45, 7) is 0.379. The van der Waals surface area contributed by atoms with Gasteiger partial charge in [-0.1, -0.05) is 12.1 Å². The summed E-state index contributed by atoms with van der Waals surface area (Å²) < 4.78 is 25.5. The first kappa shape index (κ1) is 11.7. The Morgan fingerprint density at radius 3 is 2.41 bits per heavy atom. The van der Waals surface area contributed by atoms with Crippen molar-refractivity contribution in [3.63, 3.8) is 0 Å². The molecule has 0 aliphatic heterocycles. The molecule has 2 aromatic rings. The lowest BCUT2D eigenvalue weighted by atomic mass is 10.2. The van der Waals surface area contributed by atoms with E-state index in [-0.39, 0.29) is 10.1 Å². The van der Waals surface area contributed by atoms with Gasteiger partial charge < -0.3 is 5.73 Å². The first-order valence-corrected chi connectivity index (χ1v) is 6.42. The molecule has 0 saturated heterocycles. The van der Waals surface area contributed by atoms with Crippen molar-refractivity contribution in [3.05, 3.63) is 36.2 Å². The number of rotatable bonds is 3. The molecule has 1 heterocycles. The number of aryl methyl sites for hydroxylation is 1. The Kier molecular flexibility index (Phi) is 2.95. The third kappa shape index (κ3) is 2.06. The van der Waals surface area contributed by atoms with Gasteiger partial charge in [0.25, 0.3) is 0 Å². The van der Waals surface area contributed by atoms with Gasteiger partial charge >= 0.3 is 0 Å². The Hall–Kier alpha value is -1.73. The van der Waals surface area contributed by atoms with Gasteiger partial charge in [0, 0.05) is 13.6 Å². The molecule has 2 rings (SSSR count). The van der Waals surface area contributed by atoms with E-state index in [9.17, 15) is 8.42 Å². The summed E-state index contributed by atoms with van der Waals surface area (Å²) in [5.41, 5.74) is 6.33. The maximum Gasteiger partial charge on any atom is 0.250 e. The molecule has 0 aliphatic carbocycles. The molecule has 1 aromatic heterocycles. The van der Waals surface area contributed by atoms with Crippen LogP contribution < -0.4 is 5.73 Å².